The molecule has 2 saturated heterocycles. The molecule has 0 bridgehead atoms. The molecule has 0 aliphatic carbocycles. The minimum Gasteiger partial charge on any atom is -0.497 e. The number of aromatic nitrogens is 3. The van der Waals surface area contributed by atoms with E-state index < -0.39 is 5.82 Å². The van der Waals surface area contributed by atoms with E-state index in [1.165, 1.54) is 13.2 Å². The van der Waals surface area contributed by atoms with Crippen LogP contribution in [-0.4, -0.2) is 60.1 Å². The maximum absolute atomic E-state index is 15.1. The van der Waals surface area contributed by atoms with Crippen molar-refractivity contribution >= 4 is 16.7 Å². The maximum atomic E-state index is 15.1. The lowest BCUT2D eigenvalue weighted by Crippen LogP contribution is -2.50. The van der Waals surface area contributed by atoms with Crippen molar-refractivity contribution in [1.82, 2.24) is 20.4 Å². The van der Waals surface area contributed by atoms with Crippen LogP contribution in [-0.2, 0) is 4.74 Å². The van der Waals surface area contributed by atoms with Crippen LogP contribution in [0.2, 0.25) is 0 Å². The highest BCUT2D eigenvalue weighted by Gasteiger charge is 2.32. The number of halogens is 1. The molecule has 5 rings (SSSR count). The third kappa shape index (κ3) is 4.15. The number of pyridine rings is 1. The summed E-state index contributed by atoms with van der Waals surface area (Å²) in [7, 11) is 1.53. The van der Waals surface area contributed by atoms with E-state index in [9.17, 15) is 0 Å². The smallest absolute Gasteiger partial charge is 0.261 e. The van der Waals surface area contributed by atoms with Gasteiger partial charge in [-0.1, -0.05) is 5.16 Å². The molecule has 1 N–H and O–H groups in total. The number of ether oxygens (including phenoxy) is 2. The molecular weight excluding hydrogens is 425 g/mol. The number of methoxy groups -OCH3 is 1. The molecule has 0 radical (unpaired) electrons. The van der Waals surface area contributed by atoms with E-state index >= 15 is 4.39 Å². The number of benzene rings is 1. The zero-order chi connectivity index (χ0) is 23.1. The van der Waals surface area contributed by atoms with Gasteiger partial charge in [0.1, 0.15) is 17.1 Å². The number of aryl methyl sites for hydroxylation is 2. The van der Waals surface area contributed by atoms with Crippen LogP contribution in [0.3, 0.4) is 0 Å². The summed E-state index contributed by atoms with van der Waals surface area (Å²) in [6.07, 6.45) is 2.99. The monoisotopic (exact) mass is 455 g/mol. The molecule has 33 heavy (non-hydrogen) atoms. The number of anilines is 1. The number of rotatable bonds is 5. The van der Waals surface area contributed by atoms with Crippen molar-refractivity contribution < 1.29 is 18.4 Å². The molecule has 1 aromatic carbocycles. The quantitative estimate of drug-likeness (QED) is 0.622. The van der Waals surface area contributed by atoms with Crippen LogP contribution in [0.25, 0.3) is 22.4 Å². The van der Waals surface area contributed by atoms with Crippen LogP contribution in [0.4, 0.5) is 10.2 Å². The number of fused-ring (bicyclic) bond motifs is 1. The van der Waals surface area contributed by atoms with Gasteiger partial charge >= 0.3 is 0 Å². The van der Waals surface area contributed by atoms with Crippen LogP contribution in [0.15, 0.2) is 16.7 Å². The molecule has 3 aromatic rings. The van der Waals surface area contributed by atoms with Gasteiger partial charge in [0.05, 0.1) is 19.3 Å². The van der Waals surface area contributed by atoms with Gasteiger partial charge in [-0.2, -0.15) is 4.98 Å². The molecule has 8 nitrogen and oxygen atoms in total. The van der Waals surface area contributed by atoms with Crippen molar-refractivity contribution in [2.24, 2.45) is 0 Å². The molecule has 0 saturated carbocycles. The summed E-state index contributed by atoms with van der Waals surface area (Å²) in [5.41, 5.74) is 1.91. The summed E-state index contributed by atoms with van der Waals surface area (Å²) >= 11 is 0. The van der Waals surface area contributed by atoms with E-state index in [0.29, 0.717) is 46.3 Å². The van der Waals surface area contributed by atoms with Crippen molar-refractivity contribution in [2.45, 2.75) is 58.2 Å². The fourth-order valence-electron chi connectivity index (χ4n) is 5.06. The number of nitrogens with zero attached hydrogens (tertiary/aromatic N) is 4. The fourth-order valence-corrected chi connectivity index (χ4v) is 5.06. The Morgan fingerprint density at radius 3 is 2.70 bits per heavy atom. The second-order valence-corrected chi connectivity index (χ2v) is 9.08. The second kappa shape index (κ2) is 8.87. The van der Waals surface area contributed by atoms with Crippen LogP contribution in [0.1, 0.15) is 37.6 Å². The molecule has 0 unspecified atom stereocenters. The highest BCUT2D eigenvalue weighted by atomic mass is 19.1. The highest BCUT2D eigenvalue weighted by molar-refractivity contribution is 5.93. The van der Waals surface area contributed by atoms with E-state index in [1.54, 1.807) is 13.0 Å². The fraction of sp³-hybridized carbons (Fsp3) is 0.542. The summed E-state index contributed by atoms with van der Waals surface area (Å²) in [6, 6.07) is 4.22. The number of hydrogen-bond acceptors (Lipinski definition) is 8. The average Bonchev–Trinajstić information content (AvgIpc) is 3.46. The zero-order valence-corrected chi connectivity index (χ0v) is 19.5. The standard InChI is InChI=1S/C24H30FN5O3/c1-13-9-16(27-17-6-8-32-12-17)5-7-30(13)23-21(24-26-15(3)29-33-24)14(2)19-10-18(31-4)11-20(25)22(19)28-23/h10-11,13,16-17,27H,5-9,12H2,1-4H3/t13-,16+,17+/m0/s1. The Kier molecular flexibility index (Phi) is 5.92. The highest BCUT2D eigenvalue weighted by Crippen LogP contribution is 2.40. The molecule has 2 fully saturated rings. The molecule has 2 aromatic heterocycles. The zero-order valence-electron chi connectivity index (χ0n) is 19.5. The Labute approximate surface area is 192 Å². The Hall–Kier alpha value is -2.78. The van der Waals surface area contributed by atoms with E-state index in [-0.39, 0.29) is 6.04 Å². The molecule has 3 atom stereocenters. The lowest BCUT2D eigenvalue weighted by atomic mass is 9.95. The van der Waals surface area contributed by atoms with Gasteiger partial charge in [-0.05, 0) is 51.7 Å². The first-order valence-electron chi connectivity index (χ1n) is 11.5. The van der Waals surface area contributed by atoms with Crippen molar-refractivity contribution in [1.29, 1.82) is 0 Å². The number of piperidine rings is 1. The van der Waals surface area contributed by atoms with E-state index in [1.807, 2.05) is 6.92 Å². The third-order valence-corrected chi connectivity index (χ3v) is 6.78. The first-order chi connectivity index (χ1) is 15.9. The van der Waals surface area contributed by atoms with Crippen LogP contribution in [0.5, 0.6) is 5.75 Å². The van der Waals surface area contributed by atoms with Crippen LogP contribution in [0, 0.1) is 19.7 Å². The molecule has 4 heterocycles. The molecule has 2 aliphatic heterocycles. The van der Waals surface area contributed by atoms with Gasteiger partial charge in [-0.25, -0.2) is 9.37 Å². The maximum Gasteiger partial charge on any atom is 0.261 e. The van der Waals surface area contributed by atoms with Crippen LogP contribution >= 0.6 is 0 Å². The van der Waals surface area contributed by atoms with Gasteiger partial charge < -0.3 is 24.2 Å². The largest absolute Gasteiger partial charge is 0.497 e. The SMILES string of the molecule is COc1cc(F)c2nc(N3CC[C@@H](N[C@@H]4CCOC4)C[C@@H]3C)c(-c3nc(C)no3)c(C)c2c1. The van der Waals surface area contributed by atoms with E-state index in [4.69, 9.17) is 19.0 Å². The predicted octanol–water partition coefficient (Wildman–Crippen LogP) is 3.79. The summed E-state index contributed by atoms with van der Waals surface area (Å²) in [4.78, 5) is 11.6. The lowest BCUT2D eigenvalue weighted by molar-refractivity contribution is 0.185. The molecule has 2 aliphatic rings. The molecule has 0 spiro atoms. The van der Waals surface area contributed by atoms with Crippen molar-refractivity contribution in [3.8, 4) is 17.2 Å². The van der Waals surface area contributed by atoms with Gasteiger partial charge in [0.2, 0.25) is 0 Å². The summed E-state index contributed by atoms with van der Waals surface area (Å²) in [6.45, 7) is 8.32. The minimum atomic E-state index is -0.410. The van der Waals surface area contributed by atoms with E-state index in [2.05, 4.69) is 27.3 Å². The average molecular weight is 456 g/mol. The first kappa shape index (κ1) is 22.0. The molecular formula is C24H30FN5O3. The Balaban J connectivity index is 1.56. The Morgan fingerprint density at radius 1 is 1.18 bits per heavy atom. The van der Waals surface area contributed by atoms with Gasteiger partial charge in [-0.3, -0.25) is 0 Å². The second-order valence-electron chi connectivity index (χ2n) is 9.08. The van der Waals surface area contributed by atoms with Gasteiger partial charge in [0.25, 0.3) is 5.89 Å². The van der Waals surface area contributed by atoms with Gasteiger partial charge in [0.15, 0.2) is 11.6 Å². The van der Waals surface area contributed by atoms with Crippen LogP contribution < -0.4 is 15.0 Å². The van der Waals surface area contributed by atoms with Crippen molar-refractivity contribution in [3.05, 3.63) is 29.3 Å². The normalized spacial score (nSPS) is 23.4. The Bertz CT molecular complexity index is 1160. The summed E-state index contributed by atoms with van der Waals surface area (Å²) < 4.78 is 31.4. The topological polar surface area (TPSA) is 85.5 Å². The summed E-state index contributed by atoms with van der Waals surface area (Å²) in [5.74, 6) is 1.66. The van der Waals surface area contributed by atoms with Crippen molar-refractivity contribution in [2.75, 3.05) is 31.8 Å². The summed E-state index contributed by atoms with van der Waals surface area (Å²) in [5, 5.41) is 8.41. The third-order valence-electron chi connectivity index (χ3n) is 6.78. The van der Waals surface area contributed by atoms with Gasteiger partial charge in [-0.15, -0.1) is 0 Å². The number of nitrogens with one attached hydrogen (secondary N) is 1. The lowest BCUT2D eigenvalue weighted by Gasteiger charge is -2.40. The first-order valence-corrected chi connectivity index (χ1v) is 11.5. The number of hydrogen-bond donors (Lipinski definition) is 1. The minimum absolute atomic E-state index is 0.201. The van der Waals surface area contributed by atoms with E-state index in [0.717, 1.165) is 50.1 Å². The van der Waals surface area contributed by atoms with Gasteiger partial charge in [0, 0.05) is 42.7 Å². The molecule has 9 heteroatoms. The predicted molar refractivity (Wildman–Crippen MR) is 123 cm³/mol. The molecule has 0 amide bonds. The van der Waals surface area contributed by atoms with Crippen molar-refractivity contribution in [3.63, 3.8) is 0 Å². The Morgan fingerprint density at radius 2 is 2.03 bits per heavy atom. The molecule has 176 valence electrons.